The third-order valence-electron chi connectivity index (χ3n) is 4.66. The Bertz CT molecular complexity index is 674. The fourth-order valence-corrected chi connectivity index (χ4v) is 3.86. The van der Waals surface area contributed by atoms with E-state index in [0.717, 1.165) is 0 Å². The van der Waals surface area contributed by atoms with Gasteiger partial charge in [-0.3, -0.25) is 14.4 Å². The van der Waals surface area contributed by atoms with Crippen molar-refractivity contribution in [1.82, 2.24) is 0 Å². The molecule has 1 fully saturated rings. The lowest BCUT2D eigenvalue weighted by Crippen LogP contribution is -2.48. The van der Waals surface area contributed by atoms with Crippen molar-refractivity contribution in [2.75, 3.05) is 19.8 Å². The molecule has 0 heterocycles. The van der Waals surface area contributed by atoms with E-state index in [2.05, 4.69) is 0 Å². The van der Waals surface area contributed by atoms with E-state index in [9.17, 15) is 19.5 Å². The largest absolute Gasteiger partial charge is 0.466 e. The molecule has 1 aliphatic carbocycles. The van der Waals surface area contributed by atoms with Gasteiger partial charge in [0.2, 0.25) is 0 Å². The van der Waals surface area contributed by atoms with Gasteiger partial charge in [0.15, 0.2) is 0 Å². The molecule has 0 amide bonds. The number of ether oxygens (including phenoxy) is 2. The maximum atomic E-state index is 12.7. The molecular formula is C19H23ClO6. The van der Waals surface area contributed by atoms with Crippen molar-refractivity contribution in [3.05, 3.63) is 34.9 Å². The first-order valence-corrected chi connectivity index (χ1v) is 9.05. The summed E-state index contributed by atoms with van der Waals surface area (Å²) in [5.74, 6) is -5.13. The van der Waals surface area contributed by atoms with E-state index in [0.29, 0.717) is 10.6 Å². The molecule has 4 atom stereocenters. The van der Waals surface area contributed by atoms with Gasteiger partial charge in [-0.15, -0.1) is 0 Å². The zero-order chi connectivity index (χ0) is 19.3. The lowest BCUT2D eigenvalue weighted by Gasteiger charge is -2.39. The van der Waals surface area contributed by atoms with Gasteiger partial charge in [0.05, 0.1) is 19.1 Å². The second kappa shape index (κ2) is 9.14. The van der Waals surface area contributed by atoms with Gasteiger partial charge in [0.25, 0.3) is 0 Å². The monoisotopic (exact) mass is 382 g/mol. The van der Waals surface area contributed by atoms with Crippen molar-refractivity contribution in [2.45, 2.75) is 26.2 Å². The topological polar surface area (TPSA) is 89.9 Å². The summed E-state index contributed by atoms with van der Waals surface area (Å²) >= 11 is 6.31. The van der Waals surface area contributed by atoms with Crippen LogP contribution in [0.25, 0.3) is 0 Å². The summed E-state index contributed by atoms with van der Waals surface area (Å²) < 4.78 is 10.3. The van der Waals surface area contributed by atoms with Crippen molar-refractivity contribution in [3.8, 4) is 0 Å². The predicted molar refractivity (Wildman–Crippen MR) is 94.6 cm³/mol. The standard InChI is InChI=1S/C19H23ClO6/c1-3-25-18(23)15-11(10-21)9-14(22)17(19(24)26-4-2)16(15)12-7-5-6-8-13(12)20/h5-8,11,15-17,21H,3-4,9-10H2,1-2H3. The number of aliphatic hydroxyl groups is 1. The third kappa shape index (κ3) is 4.07. The molecule has 0 spiro atoms. The second-order valence-corrected chi connectivity index (χ2v) is 6.58. The molecule has 142 valence electrons. The van der Waals surface area contributed by atoms with Crippen LogP contribution in [-0.2, 0) is 23.9 Å². The highest BCUT2D eigenvalue weighted by atomic mass is 35.5. The first kappa shape index (κ1) is 20.4. The highest BCUT2D eigenvalue weighted by Gasteiger charge is 2.52. The molecular weight excluding hydrogens is 360 g/mol. The summed E-state index contributed by atoms with van der Waals surface area (Å²) in [6.07, 6.45) is -0.0928. The number of ketones is 1. The number of hydrogen-bond donors (Lipinski definition) is 1. The van der Waals surface area contributed by atoms with Gasteiger partial charge in [0.1, 0.15) is 11.7 Å². The van der Waals surface area contributed by atoms with Crippen LogP contribution in [0.15, 0.2) is 24.3 Å². The van der Waals surface area contributed by atoms with Crippen LogP contribution in [0.1, 0.15) is 31.7 Å². The molecule has 1 aliphatic rings. The third-order valence-corrected chi connectivity index (χ3v) is 5.01. The van der Waals surface area contributed by atoms with Gasteiger partial charge < -0.3 is 14.6 Å². The highest BCUT2D eigenvalue weighted by Crippen LogP contribution is 2.46. The quantitative estimate of drug-likeness (QED) is 0.600. The summed E-state index contributed by atoms with van der Waals surface area (Å²) in [6.45, 7) is 3.22. The first-order valence-electron chi connectivity index (χ1n) is 8.67. The number of esters is 2. The highest BCUT2D eigenvalue weighted by molar-refractivity contribution is 6.31. The molecule has 0 saturated heterocycles. The van der Waals surface area contributed by atoms with E-state index in [1.807, 2.05) is 0 Å². The number of halogens is 1. The zero-order valence-electron chi connectivity index (χ0n) is 14.8. The number of carbonyl (C=O) groups excluding carboxylic acids is 3. The van der Waals surface area contributed by atoms with E-state index in [1.165, 1.54) is 0 Å². The Kier molecular flexibility index (Phi) is 7.17. The number of Topliss-reactive ketones (excluding diaryl/α,β-unsaturated/α-hetero) is 1. The van der Waals surface area contributed by atoms with Crippen molar-refractivity contribution in [1.29, 1.82) is 0 Å². The fraction of sp³-hybridized carbons (Fsp3) is 0.526. The van der Waals surface area contributed by atoms with Crippen molar-refractivity contribution in [2.24, 2.45) is 17.8 Å². The van der Waals surface area contributed by atoms with E-state index in [4.69, 9.17) is 21.1 Å². The minimum atomic E-state index is -1.16. The van der Waals surface area contributed by atoms with Gasteiger partial charge in [-0.1, -0.05) is 29.8 Å². The van der Waals surface area contributed by atoms with Gasteiger partial charge in [-0.25, -0.2) is 0 Å². The van der Waals surface area contributed by atoms with Gasteiger partial charge in [-0.05, 0) is 25.5 Å². The van der Waals surface area contributed by atoms with Gasteiger partial charge >= 0.3 is 11.9 Å². The summed E-state index contributed by atoms with van der Waals surface area (Å²) in [5.41, 5.74) is 0.497. The lowest BCUT2D eigenvalue weighted by atomic mass is 9.63. The molecule has 2 rings (SSSR count). The van der Waals surface area contributed by atoms with E-state index in [1.54, 1.807) is 38.1 Å². The molecule has 7 heteroatoms. The summed E-state index contributed by atoms with van der Waals surface area (Å²) in [4.78, 5) is 37.9. The molecule has 1 aromatic rings. The van der Waals surface area contributed by atoms with Crippen molar-refractivity contribution >= 4 is 29.3 Å². The van der Waals surface area contributed by atoms with E-state index >= 15 is 0 Å². The Morgan fingerprint density at radius 1 is 1.15 bits per heavy atom. The maximum absolute atomic E-state index is 12.7. The molecule has 0 bridgehead atoms. The Morgan fingerprint density at radius 2 is 1.77 bits per heavy atom. The Morgan fingerprint density at radius 3 is 2.35 bits per heavy atom. The number of benzene rings is 1. The first-order chi connectivity index (χ1) is 12.5. The fourth-order valence-electron chi connectivity index (χ4n) is 3.60. The molecule has 6 nitrogen and oxygen atoms in total. The van der Waals surface area contributed by atoms with Crippen molar-refractivity contribution in [3.63, 3.8) is 0 Å². The zero-order valence-corrected chi connectivity index (χ0v) is 15.6. The van der Waals surface area contributed by atoms with Crippen LogP contribution in [0, 0.1) is 17.8 Å². The molecule has 0 aromatic heterocycles. The SMILES string of the molecule is CCOC(=O)C1C(=O)CC(CO)C(C(=O)OCC)C1c1ccccc1Cl. The van der Waals surface area contributed by atoms with Gasteiger partial charge in [0, 0.05) is 29.9 Å². The van der Waals surface area contributed by atoms with Crippen LogP contribution in [0.3, 0.4) is 0 Å². The lowest BCUT2D eigenvalue weighted by molar-refractivity contribution is -0.162. The summed E-state index contributed by atoms with van der Waals surface area (Å²) in [7, 11) is 0. The van der Waals surface area contributed by atoms with E-state index in [-0.39, 0.29) is 32.0 Å². The minimum Gasteiger partial charge on any atom is -0.466 e. The van der Waals surface area contributed by atoms with Crippen LogP contribution in [-0.4, -0.2) is 42.6 Å². The molecule has 1 saturated carbocycles. The minimum absolute atomic E-state index is 0.0928. The van der Waals surface area contributed by atoms with Crippen LogP contribution >= 0.6 is 11.6 Å². The van der Waals surface area contributed by atoms with Crippen molar-refractivity contribution < 1.29 is 29.0 Å². The molecule has 1 aromatic carbocycles. The van der Waals surface area contributed by atoms with Crippen LogP contribution < -0.4 is 0 Å². The van der Waals surface area contributed by atoms with Crippen LogP contribution in [0.2, 0.25) is 5.02 Å². The molecule has 0 radical (unpaired) electrons. The predicted octanol–water partition coefficient (Wildman–Crippen LogP) is 2.36. The van der Waals surface area contributed by atoms with Gasteiger partial charge in [-0.2, -0.15) is 0 Å². The van der Waals surface area contributed by atoms with Crippen LogP contribution in [0.4, 0.5) is 0 Å². The Labute approximate surface area is 157 Å². The normalized spacial score (nSPS) is 25.6. The average molecular weight is 383 g/mol. The number of hydrogen-bond acceptors (Lipinski definition) is 6. The molecule has 26 heavy (non-hydrogen) atoms. The number of rotatable bonds is 6. The Balaban J connectivity index is 2.59. The second-order valence-electron chi connectivity index (χ2n) is 6.17. The smallest absolute Gasteiger partial charge is 0.317 e. The average Bonchev–Trinajstić information content (AvgIpc) is 2.61. The molecule has 4 unspecified atom stereocenters. The van der Waals surface area contributed by atoms with Crippen LogP contribution in [0.5, 0.6) is 0 Å². The molecule has 0 aliphatic heterocycles. The summed E-state index contributed by atoms with van der Waals surface area (Å²) in [5, 5.41) is 10.1. The number of aliphatic hydroxyl groups excluding tert-OH is 1. The molecule has 1 N–H and O–H groups in total. The van der Waals surface area contributed by atoms with E-state index < -0.39 is 35.6 Å². The maximum Gasteiger partial charge on any atom is 0.317 e. The summed E-state index contributed by atoms with van der Waals surface area (Å²) in [6, 6.07) is 6.75. The Hall–Kier alpha value is -1.92. The number of carbonyl (C=O) groups is 3.